The van der Waals surface area contributed by atoms with Crippen LogP contribution in [0.2, 0.25) is 0 Å². The van der Waals surface area contributed by atoms with Gasteiger partial charge in [0.2, 0.25) is 0 Å². The Morgan fingerprint density at radius 2 is 2.05 bits per heavy atom. The van der Waals surface area contributed by atoms with E-state index in [1.807, 2.05) is 12.1 Å². The molecule has 0 aliphatic heterocycles. The quantitative estimate of drug-likeness (QED) is 0.644. The summed E-state index contributed by atoms with van der Waals surface area (Å²) in [7, 11) is 1.47. The Hall–Kier alpha value is -2.63. The van der Waals surface area contributed by atoms with Gasteiger partial charge in [-0.25, -0.2) is 9.97 Å². The molecule has 0 saturated carbocycles. The summed E-state index contributed by atoms with van der Waals surface area (Å²) in [5, 5.41) is 6.90. The molecule has 0 fully saturated rings. The van der Waals surface area contributed by atoms with Gasteiger partial charge >= 0.3 is 0 Å². The van der Waals surface area contributed by atoms with E-state index in [1.54, 1.807) is 0 Å². The highest BCUT2D eigenvalue weighted by Crippen LogP contribution is 2.20. The maximum Gasteiger partial charge on any atom is 0.144 e. The average molecular weight is 271 g/mol. The van der Waals surface area contributed by atoms with Gasteiger partial charge in [-0.05, 0) is 24.1 Å². The fraction of sp³-hybridized carbons (Fsp3) is 0.214. The topological polar surface area (TPSA) is 85.4 Å². The minimum atomic E-state index is 0.341. The van der Waals surface area contributed by atoms with Gasteiger partial charge in [-0.15, -0.1) is 0 Å². The summed E-state index contributed by atoms with van der Waals surface area (Å²) >= 11 is 0. The summed E-state index contributed by atoms with van der Waals surface area (Å²) in [6.45, 7) is 2.12. The average Bonchev–Trinajstić information content (AvgIpc) is 2.47. The summed E-state index contributed by atoms with van der Waals surface area (Å²) in [5.74, 6) is 0.927. The second-order valence-electron chi connectivity index (χ2n) is 4.11. The predicted octanol–water partition coefficient (Wildman–Crippen LogP) is 2.35. The van der Waals surface area contributed by atoms with Crippen molar-refractivity contribution >= 4 is 23.5 Å². The zero-order chi connectivity index (χ0) is 14.4. The largest absolute Gasteiger partial charge is 0.399 e. The van der Waals surface area contributed by atoms with Gasteiger partial charge in [-0.1, -0.05) is 24.2 Å². The van der Waals surface area contributed by atoms with Crippen molar-refractivity contribution < 1.29 is 4.84 Å². The van der Waals surface area contributed by atoms with Crippen LogP contribution in [0.3, 0.4) is 0 Å². The van der Waals surface area contributed by atoms with Crippen LogP contribution in [0.1, 0.15) is 18.1 Å². The summed E-state index contributed by atoms with van der Waals surface area (Å²) in [6.07, 6.45) is 3.90. The highest BCUT2D eigenvalue weighted by molar-refractivity contribution is 5.92. The van der Waals surface area contributed by atoms with E-state index in [2.05, 4.69) is 44.3 Å². The monoisotopic (exact) mass is 271 g/mol. The normalized spacial score (nSPS) is 10.7. The number of nitrogens with two attached hydrogens (primary N) is 1. The maximum atomic E-state index is 5.82. The first-order chi connectivity index (χ1) is 9.74. The third-order valence-electron chi connectivity index (χ3n) is 2.83. The number of benzene rings is 1. The van der Waals surface area contributed by atoms with E-state index >= 15 is 0 Å². The first kappa shape index (κ1) is 13.8. The van der Waals surface area contributed by atoms with Crippen LogP contribution in [0.15, 0.2) is 35.7 Å². The number of aromatic nitrogens is 2. The number of hydrogen-bond donors (Lipinski definition) is 2. The second-order valence-corrected chi connectivity index (χ2v) is 4.11. The molecule has 0 atom stereocenters. The fourth-order valence-electron chi connectivity index (χ4n) is 1.70. The molecule has 0 aliphatic rings. The van der Waals surface area contributed by atoms with Crippen molar-refractivity contribution in [2.24, 2.45) is 5.16 Å². The molecule has 2 aromatic rings. The van der Waals surface area contributed by atoms with Crippen molar-refractivity contribution in [2.45, 2.75) is 13.3 Å². The van der Waals surface area contributed by atoms with Gasteiger partial charge in [0, 0.05) is 5.69 Å². The minimum absolute atomic E-state index is 0.341. The zero-order valence-electron chi connectivity index (χ0n) is 11.5. The molecule has 0 bridgehead atoms. The van der Waals surface area contributed by atoms with Crippen molar-refractivity contribution in [3.05, 3.63) is 41.7 Å². The van der Waals surface area contributed by atoms with Gasteiger partial charge in [-0.2, -0.15) is 0 Å². The van der Waals surface area contributed by atoms with E-state index in [1.165, 1.54) is 25.2 Å². The summed E-state index contributed by atoms with van der Waals surface area (Å²) in [6, 6.07) is 8.12. The lowest BCUT2D eigenvalue weighted by atomic mass is 10.1. The van der Waals surface area contributed by atoms with Crippen molar-refractivity contribution in [3.8, 4) is 0 Å². The molecule has 6 heteroatoms. The van der Waals surface area contributed by atoms with E-state index in [4.69, 9.17) is 5.73 Å². The smallest absolute Gasteiger partial charge is 0.144 e. The molecule has 3 N–H and O–H groups in total. The highest BCUT2D eigenvalue weighted by atomic mass is 16.6. The first-order valence-electron chi connectivity index (χ1n) is 6.27. The maximum absolute atomic E-state index is 5.82. The number of anilines is 3. The van der Waals surface area contributed by atoms with Crippen LogP contribution in [0.4, 0.5) is 17.3 Å². The molecular formula is C14H17N5O. The molecule has 2 rings (SSSR count). The van der Waals surface area contributed by atoms with Gasteiger partial charge < -0.3 is 15.9 Å². The number of aryl methyl sites for hydroxylation is 1. The summed E-state index contributed by atoms with van der Waals surface area (Å²) in [4.78, 5) is 12.8. The van der Waals surface area contributed by atoms with E-state index in [0.717, 1.165) is 12.1 Å². The van der Waals surface area contributed by atoms with Crippen LogP contribution in [0.5, 0.6) is 0 Å². The molecule has 0 amide bonds. The van der Waals surface area contributed by atoms with Crippen LogP contribution in [0.25, 0.3) is 0 Å². The number of oxime groups is 1. The summed E-state index contributed by atoms with van der Waals surface area (Å²) in [5.41, 5.74) is 8.62. The molecule has 0 aliphatic carbocycles. The lowest BCUT2D eigenvalue weighted by Gasteiger charge is -2.09. The van der Waals surface area contributed by atoms with Crippen LogP contribution in [0, 0.1) is 0 Å². The van der Waals surface area contributed by atoms with Crippen LogP contribution < -0.4 is 11.1 Å². The van der Waals surface area contributed by atoms with Gasteiger partial charge in [0.1, 0.15) is 25.1 Å². The van der Waals surface area contributed by atoms with E-state index in [-0.39, 0.29) is 0 Å². The molecule has 20 heavy (non-hydrogen) atoms. The van der Waals surface area contributed by atoms with Crippen molar-refractivity contribution in [1.29, 1.82) is 0 Å². The standard InChI is InChI=1S/C14H17N5O/c1-3-10-4-6-11(7-5-10)19-14-12(8-18-20-2)13(15)16-9-17-14/h4-9H,3H2,1-2H3,(H3,15,16,17,19)/b18-8+. The molecule has 0 spiro atoms. The molecule has 0 saturated heterocycles. The van der Waals surface area contributed by atoms with Crippen molar-refractivity contribution in [2.75, 3.05) is 18.2 Å². The van der Waals surface area contributed by atoms with Crippen LogP contribution in [-0.4, -0.2) is 23.3 Å². The number of nitrogen functional groups attached to an aromatic ring is 1. The Kier molecular flexibility index (Phi) is 4.49. The minimum Gasteiger partial charge on any atom is -0.399 e. The lowest BCUT2D eigenvalue weighted by molar-refractivity contribution is 0.215. The molecular weight excluding hydrogens is 254 g/mol. The first-order valence-corrected chi connectivity index (χ1v) is 6.27. The Balaban J connectivity index is 2.27. The van der Waals surface area contributed by atoms with Crippen molar-refractivity contribution in [1.82, 2.24) is 9.97 Å². The third kappa shape index (κ3) is 3.23. The zero-order valence-corrected chi connectivity index (χ0v) is 11.5. The van der Waals surface area contributed by atoms with Crippen molar-refractivity contribution in [3.63, 3.8) is 0 Å². The molecule has 1 aromatic carbocycles. The Morgan fingerprint density at radius 3 is 2.70 bits per heavy atom. The highest BCUT2D eigenvalue weighted by Gasteiger charge is 2.07. The number of rotatable bonds is 5. The Labute approximate surface area is 117 Å². The SMILES string of the molecule is CCc1ccc(Nc2ncnc(N)c2/C=N/OC)cc1. The van der Waals surface area contributed by atoms with E-state index in [9.17, 15) is 0 Å². The number of nitrogens with one attached hydrogen (secondary N) is 1. The molecule has 0 radical (unpaired) electrons. The lowest BCUT2D eigenvalue weighted by Crippen LogP contribution is -2.05. The van der Waals surface area contributed by atoms with Crippen LogP contribution >= 0.6 is 0 Å². The molecule has 6 nitrogen and oxygen atoms in total. The van der Waals surface area contributed by atoms with Gasteiger partial charge in [0.05, 0.1) is 11.8 Å². The second kappa shape index (κ2) is 6.51. The van der Waals surface area contributed by atoms with Gasteiger partial charge in [-0.3, -0.25) is 0 Å². The molecule has 1 heterocycles. The van der Waals surface area contributed by atoms with E-state index < -0.39 is 0 Å². The number of hydrogen-bond acceptors (Lipinski definition) is 6. The van der Waals surface area contributed by atoms with Gasteiger partial charge in [0.15, 0.2) is 0 Å². The Bertz CT molecular complexity index is 595. The van der Waals surface area contributed by atoms with E-state index in [0.29, 0.717) is 17.2 Å². The fourth-order valence-corrected chi connectivity index (χ4v) is 1.70. The predicted molar refractivity (Wildman–Crippen MR) is 80.2 cm³/mol. The molecule has 104 valence electrons. The number of nitrogens with zero attached hydrogens (tertiary/aromatic N) is 3. The molecule has 1 aromatic heterocycles. The third-order valence-corrected chi connectivity index (χ3v) is 2.83. The molecule has 0 unspecified atom stereocenters. The van der Waals surface area contributed by atoms with Gasteiger partial charge in [0.25, 0.3) is 0 Å². The Morgan fingerprint density at radius 1 is 1.30 bits per heavy atom. The summed E-state index contributed by atoms with van der Waals surface area (Å²) < 4.78 is 0. The van der Waals surface area contributed by atoms with Crippen LogP contribution in [-0.2, 0) is 11.3 Å².